The fourth-order valence-corrected chi connectivity index (χ4v) is 1.76. The molecule has 0 spiro atoms. The highest BCUT2D eigenvalue weighted by Gasteiger charge is 2.16. The Hall–Kier alpha value is -1.86. The predicted octanol–water partition coefficient (Wildman–Crippen LogP) is 2.77. The van der Waals surface area contributed by atoms with Gasteiger partial charge >= 0.3 is 5.69 Å². The number of nitro groups is 1. The molecule has 118 valence electrons. The van der Waals surface area contributed by atoms with Gasteiger partial charge in [-0.1, -0.05) is 0 Å². The average molecular weight is 299 g/mol. The average Bonchev–Trinajstić information content (AvgIpc) is 2.47. The van der Waals surface area contributed by atoms with Crippen molar-refractivity contribution < 1.29 is 23.9 Å². The summed E-state index contributed by atoms with van der Waals surface area (Å²) in [6.07, 6.45) is 0.217. The Bertz CT molecular complexity index is 445. The predicted molar refractivity (Wildman–Crippen MR) is 76.8 cm³/mol. The summed E-state index contributed by atoms with van der Waals surface area (Å²) >= 11 is 0. The van der Waals surface area contributed by atoms with Gasteiger partial charge in [-0.2, -0.15) is 0 Å². The summed E-state index contributed by atoms with van der Waals surface area (Å²) in [7, 11) is 1.39. The van der Waals surface area contributed by atoms with Crippen LogP contribution >= 0.6 is 0 Å². The van der Waals surface area contributed by atoms with Gasteiger partial charge in [0.2, 0.25) is 0 Å². The van der Waals surface area contributed by atoms with Gasteiger partial charge in [-0.15, -0.1) is 0 Å². The van der Waals surface area contributed by atoms with Crippen molar-refractivity contribution in [1.29, 1.82) is 0 Å². The van der Waals surface area contributed by atoms with E-state index in [9.17, 15) is 10.1 Å². The zero-order valence-electron chi connectivity index (χ0n) is 12.5. The van der Waals surface area contributed by atoms with Crippen LogP contribution in [-0.4, -0.2) is 38.1 Å². The van der Waals surface area contributed by atoms with Crippen LogP contribution in [0.4, 0.5) is 5.69 Å². The fourth-order valence-electron chi connectivity index (χ4n) is 1.76. The minimum atomic E-state index is -0.505. The van der Waals surface area contributed by atoms with Crippen LogP contribution in [-0.2, 0) is 9.47 Å². The van der Waals surface area contributed by atoms with Crippen LogP contribution in [0.15, 0.2) is 18.2 Å². The minimum absolute atomic E-state index is 0.124. The summed E-state index contributed by atoms with van der Waals surface area (Å²) in [5.41, 5.74) is -0.124. The van der Waals surface area contributed by atoms with Crippen molar-refractivity contribution in [2.24, 2.45) is 0 Å². The SMILES string of the molecule is CCOC(CCOc1ccc(OC)c([N+](=O)[O-])c1)OCC. The van der Waals surface area contributed by atoms with Gasteiger partial charge < -0.3 is 18.9 Å². The molecule has 0 aliphatic carbocycles. The Labute approximate surface area is 123 Å². The first-order valence-corrected chi connectivity index (χ1v) is 6.80. The number of methoxy groups -OCH3 is 1. The summed E-state index contributed by atoms with van der Waals surface area (Å²) in [6.45, 7) is 5.23. The van der Waals surface area contributed by atoms with E-state index in [4.69, 9.17) is 18.9 Å². The van der Waals surface area contributed by atoms with Gasteiger partial charge in [0.25, 0.3) is 0 Å². The van der Waals surface area contributed by atoms with E-state index in [-0.39, 0.29) is 17.7 Å². The van der Waals surface area contributed by atoms with Crippen molar-refractivity contribution in [3.05, 3.63) is 28.3 Å². The number of rotatable bonds is 10. The smallest absolute Gasteiger partial charge is 0.314 e. The monoisotopic (exact) mass is 299 g/mol. The summed E-state index contributed by atoms with van der Waals surface area (Å²) in [5, 5.41) is 10.9. The largest absolute Gasteiger partial charge is 0.493 e. The van der Waals surface area contributed by atoms with Gasteiger partial charge in [-0.05, 0) is 26.0 Å². The quantitative estimate of drug-likeness (QED) is 0.375. The Morgan fingerprint density at radius 3 is 2.43 bits per heavy atom. The summed E-state index contributed by atoms with van der Waals surface area (Å²) in [4.78, 5) is 10.4. The van der Waals surface area contributed by atoms with Crippen molar-refractivity contribution in [2.45, 2.75) is 26.6 Å². The first-order chi connectivity index (χ1) is 10.1. The molecule has 0 atom stereocenters. The highest BCUT2D eigenvalue weighted by Crippen LogP contribution is 2.30. The third-order valence-corrected chi connectivity index (χ3v) is 2.67. The number of nitro benzene ring substituents is 1. The van der Waals surface area contributed by atoms with Crippen LogP contribution in [0.25, 0.3) is 0 Å². The van der Waals surface area contributed by atoms with Crippen LogP contribution < -0.4 is 9.47 Å². The summed E-state index contributed by atoms with van der Waals surface area (Å²) in [5.74, 6) is 0.614. The molecule has 1 aromatic rings. The molecular formula is C14H21NO6. The topological polar surface area (TPSA) is 80.1 Å². The van der Waals surface area contributed by atoms with E-state index >= 15 is 0 Å². The Kier molecular flexibility index (Phi) is 7.49. The molecule has 0 heterocycles. The van der Waals surface area contributed by atoms with E-state index in [1.54, 1.807) is 6.07 Å². The lowest BCUT2D eigenvalue weighted by Crippen LogP contribution is -2.20. The van der Waals surface area contributed by atoms with Crippen molar-refractivity contribution in [3.8, 4) is 11.5 Å². The second-order valence-corrected chi connectivity index (χ2v) is 4.07. The molecule has 0 saturated heterocycles. The van der Waals surface area contributed by atoms with Gasteiger partial charge in [0.05, 0.1) is 24.7 Å². The Balaban J connectivity index is 2.59. The Morgan fingerprint density at radius 1 is 1.24 bits per heavy atom. The van der Waals surface area contributed by atoms with Crippen molar-refractivity contribution in [2.75, 3.05) is 26.9 Å². The first kappa shape index (κ1) is 17.2. The molecule has 0 amide bonds. The van der Waals surface area contributed by atoms with Crippen LogP contribution in [0.2, 0.25) is 0 Å². The number of hydrogen-bond acceptors (Lipinski definition) is 6. The van der Waals surface area contributed by atoms with Gasteiger partial charge in [-0.3, -0.25) is 10.1 Å². The van der Waals surface area contributed by atoms with Gasteiger partial charge in [0.15, 0.2) is 12.0 Å². The zero-order chi connectivity index (χ0) is 15.7. The zero-order valence-corrected chi connectivity index (χ0v) is 12.5. The highest BCUT2D eigenvalue weighted by molar-refractivity contribution is 5.50. The Morgan fingerprint density at radius 2 is 1.90 bits per heavy atom. The molecule has 0 saturated carbocycles. The van der Waals surface area contributed by atoms with E-state index in [0.717, 1.165) is 0 Å². The van der Waals surface area contributed by atoms with Gasteiger partial charge in [0, 0.05) is 19.6 Å². The lowest BCUT2D eigenvalue weighted by Gasteiger charge is -2.17. The molecule has 21 heavy (non-hydrogen) atoms. The minimum Gasteiger partial charge on any atom is -0.493 e. The molecule has 0 aliphatic rings. The third-order valence-electron chi connectivity index (χ3n) is 2.67. The second kappa shape index (κ2) is 9.15. The van der Waals surface area contributed by atoms with E-state index in [1.165, 1.54) is 19.2 Å². The lowest BCUT2D eigenvalue weighted by molar-refractivity contribution is -0.385. The summed E-state index contributed by atoms with van der Waals surface area (Å²) < 4.78 is 21.2. The van der Waals surface area contributed by atoms with Gasteiger partial charge in [0.1, 0.15) is 5.75 Å². The number of benzene rings is 1. The number of nitrogens with zero attached hydrogens (tertiary/aromatic N) is 1. The maximum atomic E-state index is 10.9. The van der Waals surface area contributed by atoms with Crippen LogP contribution in [0.1, 0.15) is 20.3 Å². The first-order valence-electron chi connectivity index (χ1n) is 6.80. The highest BCUT2D eigenvalue weighted by atomic mass is 16.7. The molecule has 7 heteroatoms. The van der Waals surface area contributed by atoms with E-state index in [0.29, 0.717) is 32.0 Å². The molecule has 0 N–H and O–H groups in total. The molecule has 0 radical (unpaired) electrons. The van der Waals surface area contributed by atoms with E-state index in [1.807, 2.05) is 13.8 Å². The number of ether oxygens (including phenoxy) is 4. The van der Waals surface area contributed by atoms with E-state index in [2.05, 4.69) is 0 Å². The molecule has 0 bridgehead atoms. The molecule has 0 fully saturated rings. The second-order valence-electron chi connectivity index (χ2n) is 4.07. The molecule has 0 aliphatic heterocycles. The van der Waals surface area contributed by atoms with Crippen molar-refractivity contribution >= 4 is 5.69 Å². The van der Waals surface area contributed by atoms with E-state index < -0.39 is 4.92 Å². The van der Waals surface area contributed by atoms with Crippen molar-refractivity contribution in [1.82, 2.24) is 0 Å². The normalized spacial score (nSPS) is 10.7. The standard InChI is InChI=1S/C14H21NO6/c1-4-19-14(20-5-2)8-9-21-11-6-7-13(18-3)12(10-11)15(16)17/h6-7,10,14H,4-5,8-9H2,1-3H3. The molecule has 0 aromatic heterocycles. The number of hydrogen-bond donors (Lipinski definition) is 0. The van der Waals surface area contributed by atoms with Crippen LogP contribution in [0.5, 0.6) is 11.5 Å². The lowest BCUT2D eigenvalue weighted by atomic mass is 10.3. The molecule has 1 aromatic carbocycles. The molecule has 1 rings (SSSR count). The molecule has 0 unspecified atom stereocenters. The van der Waals surface area contributed by atoms with Crippen LogP contribution in [0, 0.1) is 10.1 Å². The maximum absolute atomic E-state index is 10.9. The summed E-state index contributed by atoms with van der Waals surface area (Å²) in [6, 6.07) is 4.48. The molecular weight excluding hydrogens is 278 g/mol. The third kappa shape index (κ3) is 5.57. The maximum Gasteiger partial charge on any atom is 0.314 e. The van der Waals surface area contributed by atoms with Gasteiger partial charge in [-0.25, -0.2) is 0 Å². The fraction of sp³-hybridized carbons (Fsp3) is 0.571. The molecule has 7 nitrogen and oxygen atoms in total. The van der Waals surface area contributed by atoms with Crippen LogP contribution in [0.3, 0.4) is 0 Å². The van der Waals surface area contributed by atoms with Crippen molar-refractivity contribution in [3.63, 3.8) is 0 Å².